The summed E-state index contributed by atoms with van der Waals surface area (Å²) in [6.07, 6.45) is 0. The van der Waals surface area contributed by atoms with Crippen LogP contribution in [-0.2, 0) is 0 Å². The van der Waals surface area contributed by atoms with E-state index in [0.29, 0.717) is 17.3 Å². The summed E-state index contributed by atoms with van der Waals surface area (Å²) in [5, 5.41) is 0.616. The summed E-state index contributed by atoms with van der Waals surface area (Å²) < 4.78 is 0. The van der Waals surface area contributed by atoms with Crippen LogP contribution in [0.1, 0.15) is 5.56 Å². The van der Waals surface area contributed by atoms with Gasteiger partial charge in [0.15, 0.2) is 0 Å². The number of nitrogens with two attached hydrogens (primary N) is 2. The van der Waals surface area contributed by atoms with E-state index in [1.165, 1.54) is 0 Å². The molecule has 0 aliphatic rings. The molecule has 1 aromatic carbocycles. The first-order chi connectivity index (χ1) is 5.74. The molecule has 0 aliphatic carbocycles. The van der Waals surface area contributed by atoms with Gasteiger partial charge in [-0.1, -0.05) is 23.4 Å². The topological polar surface area (TPSA) is 52.0 Å². The van der Waals surface area contributed by atoms with Crippen molar-refractivity contribution in [2.45, 2.75) is 0 Å². The van der Waals surface area contributed by atoms with E-state index in [-0.39, 0.29) is 0 Å². The van der Waals surface area contributed by atoms with E-state index in [1.807, 2.05) is 0 Å². The van der Waals surface area contributed by atoms with Gasteiger partial charge >= 0.3 is 0 Å². The van der Waals surface area contributed by atoms with Gasteiger partial charge in [0, 0.05) is 16.3 Å². The first-order valence-electron chi connectivity index (χ1n) is 3.48. The van der Waals surface area contributed by atoms with Crippen molar-refractivity contribution in [3.63, 3.8) is 0 Å². The monoisotopic (exact) mass is 180 g/mol. The van der Waals surface area contributed by atoms with Crippen LogP contribution >= 0.6 is 11.6 Å². The van der Waals surface area contributed by atoms with Crippen LogP contribution in [0.5, 0.6) is 0 Å². The van der Waals surface area contributed by atoms with Crippen molar-refractivity contribution in [3.8, 4) is 11.8 Å². The first-order valence-corrected chi connectivity index (χ1v) is 3.86. The molecule has 2 nitrogen and oxygen atoms in total. The quantitative estimate of drug-likeness (QED) is 0.466. The van der Waals surface area contributed by atoms with Crippen LogP contribution < -0.4 is 11.5 Å². The second-order valence-corrected chi connectivity index (χ2v) is 2.67. The molecule has 0 radical (unpaired) electrons. The summed E-state index contributed by atoms with van der Waals surface area (Å²) in [6.45, 7) is 0.335. The van der Waals surface area contributed by atoms with E-state index in [0.717, 1.165) is 5.56 Å². The zero-order valence-corrected chi connectivity index (χ0v) is 7.23. The molecule has 0 aliphatic heterocycles. The van der Waals surface area contributed by atoms with Gasteiger partial charge < -0.3 is 11.5 Å². The number of halogens is 1. The van der Waals surface area contributed by atoms with Gasteiger partial charge in [-0.05, 0) is 18.2 Å². The summed E-state index contributed by atoms with van der Waals surface area (Å²) in [4.78, 5) is 0. The summed E-state index contributed by atoms with van der Waals surface area (Å²) in [7, 11) is 0. The Morgan fingerprint density at radius 3 is 2.75 bits per heavy atom. The molecule has 0 amide bonds. The van der Waals surface area contributed by atoms with E-state index in [1.54, 1.807) is 18.2 Å². The average Bonchev–Trinajstić information content (AvgIpc) is 2.03. The van der Waals surface area contributed by atoms with E-state index in [9.17, 15) is 0 Å². The van der Waals surface area contributed by atoms with Crippen molar-refractivity contribution in [2.24, 2.45) is 5.73 Å². The molecule has 0 aromatic heterocycles. The fourth-order valence-electron chi connectivity index (χ4n) is 0.794. The minimum atomic E-state index is 0.335. The van der Waals surface area contributed by atoms with Crippen LogP contribution in [0.15, 0.2) is 18.2 Å². The maximum atomic E-state index is 5.70. The van der Waals surface area contributed by atoms with Crippen molar-refractivity contribution in [3.05, 3.63) is 28.8 Å². The van der Waals surface area contributed by atoms with Crippen LogP contribution in [-0.4, -0.2) is 6.54 Å². The number of hydrogen-bond donors (Lipinski definition) is 2. The Morgan fingerprint density at radius 1 is 1.42 bits per heavy atom. The lowest BCUT2D eigenvalue weighted by Crippen LogP contribution is -1.94. The zero-order valence-electron chi connectivity index (χ0n) is 6.47. The molecule has 3 heteroatoms. The van der Waals surface area contributed by atoms with Gasteiger partial charge in [-0.2, -0.15) is 0 Å². The van der Waals surface area contributed by atoms with Crippen molar-refractivity contribution >= 4 is 17.3 Å². The Balaban J connectivity index is 3.01. The van der Waals surface area contributed by atoms with Crippen molar-refractivity contribution in [1.82, 2.24) is 0 Å². The zero-order chi connectivity index (χ0) is 8.97. The maximum Gasteiger partial charge on any atom is 0.0555 e. The highest BCUT2D eigenvalue weighted by atomic mass is 35.5. The lowest BCUT2D eigenvalue weighted by Gasteiger charge is -1.97. The molecular formula is C9H9ClN2. The smallest absolute Gasteiger partial charge is 0.0555 e. The number of hydrogen-bond acceptors (Lipinski definition) is 2. The van der Waals surface area contributed by atoms with Crippen molar-refractivity contribution in [1.29, 1.82) is 0 Å². The van der Waals surface area contributed by atoms with Crippen molar-refractivity contribution < 1.29 is 0 Å². The molecule has 0 atom stereocenters. The van der Waals surface area contributed by atoms with E-state index in [2.05, 4.69) is 11.8 Å². The van der Waals surface area contributed by atoms with Gasteiger partial charge in [0.05, 0.1) is 6.54 Å². The number of rotatable bonds is 0. The molecule has 0 heterocycles. The molecular weight excluding hydrogens is 172 g/mol. The van der Waals surface area contributed by atoms with E-state index >= 15 is 0 Å². The van der Waals surface area contributed by atoms with Crippen molar-refractivity contribution in [2.75, 3.05) is 12.3 Å². The molecule has 4 N–H and O–H groups in total. The highest BCUT2D eigenvalue weighted by Crippen LogP contribution is 2.16. The predicted octanol–water partition coefficient (Wildman–Crippen LogP) is 1.23. The van der Waals surface area contributed by atoms with Crippen LogP contribution in [0.2, 0.25) is 5.02 Å². The van der Waals surface area contributed by atoms with Crippen LogP contribution in [0.4, 0.5) is 5.69 Å². The average molecular weight is 181 g/mol. The fraction of sp³-hybridized carbons (Fsp3) is 0.111. The maximum absolute atomic E-state index is 5.70. The second-order valence-electron chi connectivity index (χ2n) is 2.24. The number of benzene rings is 1. The van der Waals surface area contributed by atoms with Gasteiger partial charge in [-0.15, -0.1) is 0 Å². The Morgan fingerprint density at radius 2 is 2.17 bits per heavy atom. The molecule has 1 rings (SSSR count). The molecule has 1 aromatic rings. The van der Waals surface area contributed by atoms with Gasteiger partial charge in [-0.25, -0.2) is 0 Å². The Labute approximate surface area is 76.5 Å². The molecule has 0 spiro atoms. The second kappa shape index (κ2) is 4.01. The summed E-state index contributed by atoms with van der Waals surface area (Å²) in [5.74, 6) is 5.56. The molecule has 0 fully saturated rings. The highest BCUT2D eigenvalue weighted by Gasteiger charge is 1.94. The van der Waals surface area contributed by atoms with Crippen LogP contribution in [0.3, 0.4) is 0 Å². The fourth-order valence-corrected chi connectivity index (χ4v) is 0.974. The lowest BCUT2D eigenvalue weighted by molar-refractivity contribution is 1.30. The first kappa shape index (κ1) is 8.92. The van der Waals surface area contributed by atoms with E-state index < -0.39 is 0 Å². The molecule has 12 heavy (non-hydrogen) atoms. The number of anilines is 1. The van der Waals surface area contributed by atoms with Gasteiger partial charge in [-0.3, -0.25) is 0 Å². The lowest BCUT2D eigenvalue weighted by atomic mass is 10.2. The standard InChI is InChI=1S/C9H9ClN2/c10-8-4-3-7(2-1-5-11)9(12)6-8/h3-4,6H,5,11-12H2. The Hall–Kier alpha value is -1.17. The summed E-state index contributed by atoms with van der Waals surface area (Å²) in [5.41, 5.74) is 12.2. The molecule has 0 saturated carbocycles. The third-order valence-corrected chi connectivity index (χ3v) is 1.57. The third kappa shape index (κ3) is 2.16. The number of nitrogen functional groups attached to an aromatic ring is 1. The molecule has 0 bridgehead atoms. The van der Waals surface area contributed by atoms with Gasteiger partial charge in [0.1, 0.15) is 0 Å². The Kier molecular flexibility index (Phi) is 2.98. The molecule has 0 unspecified atom stereocenters. The summed E-state index contributed by atoms with van der Waals surface area (Å²) >= 11 is 5.70. The van der Waals surface area contributed by atoms with Gasteiger partial charge in [0.25, 0.3) is 0 Å². The highest BCUT2D eigenvalue weighted by molar-refractivity contribution is 6.30. The minimum Gasteiger partial charge on any atom is -0.398 e. The summed E-state index contributed by atoms with van der Waals surface area (Å²) in [6, 6.07) is 5.20. The van der Waals surface area contributed by atoms with Crippen LogP contribution in [0.25, 0.3) is 0 Å². The van der Waals surface area contributed by atoms with E-state index in [4.69, 9.17) is 23.1 Å². The largest absolute Gasteiger partial charge is 0.398 e. The predicted molar refractivity (Wildman–Crippen MR) is 51.8 cm³/mol. The van der Waals surface area contributed by atoms with Crippen LogP contribution in [0, 0.1) is 11.8 Å². The molecule has 0 saturated heterocycles. The minimum absolute atomic E-state index is 0.335. The molecule has 62 valence electrons. The van der Waals surface area contributed by atoms with Gasteiger partial charge in [0.2, 0.25) is 0 Å². The normalized spacial score (nSPS) is 8.83. The Bertz CT molecular complexity index is 336. The third-order valence-electron chi connectivity index (χ3n) is 1.34. The SMILES string of the molecule is NCC#Cc1ccc(Cl)cc1N.